The largest absolute Gasteiger partial charge is 0.345 e. The Morgan fingerprint density at radius 2 is 2.20 bits per heavy atom. The van der Waals surface area contributed by atoms with Gasteiger partial charge in [0.2, 0.25) is 0 Å². The van der Waals surface area contributed by atoms with Crippen molar-refractivity contribution in [1.29, 1.82) is 0 Å². The van der Waals surface area contributed by atoms with Crippen LogP contribution in [0, 0.1) is 10.1 Å². The van der Waals surface area contributed by atoms with E-state index in [0.717, 1.165) is 5.69 Å². The molecule has 2 aromatic rings. The number of benzene rings is 1. The highest BCUT2D eigenvalue weighted by molar-refractivity contribution is 6.30. The van der Waals surface area contributed by atoms with Gasteiger partial charge < -0.3 is 9.88 Å². The second-order valence-electron chi connectivity index (χ2n) is 4.60. The predicted molar refractivity (Wildman–Crippen MR) is 79.1 cm³/mol. The Bertz CT molecular complexity index is 625. The monoisotopic (exact) mass is 293 g/mol. The smallest absolute Gasteiger partial charge is 0.275 e. The van der Waals surface area contributed by atoms with E-state index in [1.165, 1.54) is 6.07 Å². The number of hydrogen-bond acceptors (Lipinski definition) is 3. The van der Waals surface area contributed by atoms with Gasteiger partial charge in [0.25, 0.3) is 5.69 Å². The molecule has 0 fully saturated rings. The first-order chi connectivity index (χ1) is 9.52. The number of rotatable bonds is 5. The molecule has 0 saturated carbocycles. The van der Waals surface area contributed by atoms with Gasteiger partial charge in [0.05, 0.1) is 11.5 Å². The summed E-state index contributed by atoms with van der Waals surface area (Å²) in [4.78, 5) is 10.7. The molecule has 0 amide bonds. The minimum atomic E-state index is -0.397. The van der Waals surface area contributed by atoms with Gasteiger partial charge in [0.15, 0.2) is 0 Å². The average Bonchev–Trinajstić information content (AvgIpc) is 2.87. The van der Waals surface area contributed by atoms with Gasteiger partial charge in [-0.1, -0.05) is 11.6 Å². The summed E-state index contributed by atoms with van der Waals surface area (Å²) >= 11 is 5.83. The topological polar surface area (TPSA) is 60.1 Å². The molecule has 1 aromatic heterocycles. The fourth-order valence-corrected chi connectivity index (χ4v) is 2.30. The second kappa shape index (κ2) is 6.07. The summed E-state index contributed by atoms with van der Waals surface area (Å²) in [5.41, 5.74) is 1.77. The van der Waals surface area contributed by atoms with E-state index in [2.05, 4.69) is 5.32 Å². The van der Waals surface area contributed by atoms with Crippen molar-refractivity contribution in [2.75, 3.05) is 7.05 Å². The molecular weight excluding hydrogens is 278 g/mol. The minimum Gasteiger partial charge on any atom is -0.345 e. The van der Waals surface area contributed by atoms with Crippen molar-refractivity contribution >= 4 is 17.3 Å². The number of nitro groups is 1. The molecule has 0 aliphatic rings. The predicted octanol–water partition coefficient (Wildman–Crippen LogP) is 3.38. The van der Waals surface area contributed by atoms with Gasteiger partial charge in [-0.25, -0.2) is 0 Å². The first-order valence-corrected chi connectivity index (χ1v) is 6.66. The maximum atomic E-state index is 11.1. The van der Waals surface area contributed by atoms with Gasteiger partial charge >= 0.3 is 0 Å². The maximum Gasteiger partial charge on any atom is 0.275 e. The molecule has 0 saturated heterocycles. The number of nitro benzene ring substituents is 1. The van der Waals surface area contributed by atoms with Crippen molar-refractivity contribution in [1.82, 2.24) is 9.88 Å². The number of hydrogen-bond donors (Lipinski definition) is 1. The van der Waals surface area contributed by atoms with E-state index in [1.807, 2.05) is 36.9 Å². The molecule has 0 aliphatic heterocycles. The first-order valence-electron chi connectivity index (χ1n) is 6.28. The quantitative estimate of drug-likeness (QED) is 0.679. The van der Waals surface area contributed by atoms with Crippen LogP contribution in [0.15, 0.2) is 36.5 Å². The molecule has 1 heterocycles. The zero-order valence-corrected chi connectivity index (χ0v) is 12.1. The summed E-state index contributed by atoms with van der Waals surface area (Å²) in [6, 6.07) is 8.88. The highest BCUT2D eigenvalue weighted by Crippen LogP contribution is 2.25. The maximum absolute atomic E-state index is 11.1. The molecule has 0 spiro atoms. The minimum absolute atomic E-state index is 0.0502. The Kier molecular flexibility index (Phi) is 4.42. The zero-order valence-electron chi connectivity index (χ0n) is 11.3. The van der Waals surface area contributed by atoms with E-state index in [4.69, 9.17) is 11.6 Å². The van der Waals surface area contributed by atoms with Crippen molar-refractivity contribution in [3.05, 3.63) is 62.9 Å². The van der Waals surface area contributed by atoms with Crippen molar-refractivity contribution in [3.8, 4) is 0 Å². The van der Waals surface area contributed by atoms with Gasteiger partial charge in [-0.3, -0.25) is 10.1 Å². The lowest BCUT2D eigenvalue weighted by Crippen LogP contribution is -2.17. The summed E-state index contributed by atoms with van der Waals surface area (Å²) < 4.78 is 2.00. The lowest BCUT2D eigenvalue weighted by atomic mass is 10.1. The average molecular weight is 294 g/mol. The summed E-state index contributed by atoms with van der Waals surface area (Å²) in [5, 5.41) is 14.6. The number of aromatic nitrogens is 1. The second-order valence-corrected chi connectivity index (χ2v) is 5.04. The van der Waals surface area contributed by atoms with Crippen LogP contribution < -0.4 is 5.32 Å². The molecule has 6 heteroatoms. The normalized spacial score (nSPS) is 12.3. The Balaban J connectivity index is 2.36. The fraction of sp³-hybridized carbons (Fsp3) is 0.286. The lowest BCUT2D eigenvalue weighted by molar-refractivity contribution is -0.385. The molecule has 2 rings (SSSR count). The summed E-state index contributed by atoms with van der Waals surface area (Å²) in [7, 11) is 1.88. The first kappa shape index (κ1) is 14.6. The van der Waals surface area contributed by atoms with Gasteiger partial charge in [0, 0.05) is 34.6 Å². The van der Waals surface area contributed by atoms with E-state index < -0.39 is 4.92 Å². The number of halogens is 1. The molecular formula is C14H16ClN3O2. The summed E-state index contributed by atoms with van der Waals surface area (Å²) in [6.07, 6.45) is 1.92. The third-order valence-corrected chi connectivity index (χ3v) is 3.56. The van der Waals surface area contributed by atoms with Crippen molar-refractivity contribution in [2.45, 2.75) is 19.5 Å². The Morgan fingerprint density at radius 3 is 2.85 bits per heavy atom. The van der Waals surface area contributed by atoms with E-state index >= 15 is 0 Å². The lowest BCUT2D eigenvalue weighted by Gasteiger charge is -2.15. The van der Waals surface area contributed by atoms with Crippen molar-refractivity contribution in [2.24, 2.45) is 0 Å². The standard InChI is InChI=1S/C14H16ClN3O2/c1-10(16-2)13-4-3-7-17(13)9-11-5-6-12(15)8-14(11)18(19)20/h3-8,10,16H,9H2,1-2H3. The molecule has 1 unspecified atom stereocenters. The Hall–Kier alpha value is -1.85. The molecule has 0 bridgehead atoms. The van der Waals surface area contributed by atoms with Crippen molar-refractivity contribution in [3.63, 3.8) is 0 Å². The van der Waals surface area contributed by atoms with Crippen LogP contribution in [-0.2, 0) is 6.54 Å². The fourth-order valence-electron chi connectivity index (χ4n) is 2.14. The van der Waals surface area contributed by atoms with Gasteiger partial charge in [-0.15, -0.1) is 0 Å². The van der Waals surface area contributed by atoms with E-state index in [0.29, 0.717) is 17.1 Å². The molecule has 20 heavy (non-hydrogen) atoms. The van der Waals surface area contributed by atoms with E-state index in [-0.39, 0.29) is 11.7 Å². The van der Waals surface area contributed by atoms with Crippen LogP contribution in [0.5, 0.6) is 0 Å². The number of nitrogens with one attached hydrogen (secondary N) is 1. The molecule has 106 valence electrons. The molecule has 1 aromatic carbocycles. The molecule has 0 aliphatic carbocycles. The zero-order chi connectivity index (χ0) is 14.7. The van der Waals surface area contributed by atoms with E-state index in [9.17, 15) is 10.1 Å². The third kappa shape index (κ3) is 3.00. The molecule has 0 radical (unpaired) electrons. The molecule has 1 N–H and O–H groups in total. The van der Waals surface area contributed by atoms with Crippen molar-refractivity contribution < 1.29 is 4.92 Å². The van der Waals surface area contributed by atoms with Crippen LogP contribution in [0.4, 0.5) is 5.69 Å². The van der Waals surface area contributed by atoms with Crippen LogP contribution in [0.2, 0.25) is 5.02 Å². The van der Waals surface area contributed by atoms with Gasteiger partial charge in [-0.2, -0.15) is 0 Å². The van der Waals surface area contributed by atoms with Crippen LogP contribution in [0.1, 0.15) is 24.2 Å². The molecule has 5 nitrogen and oxygen atoms in total. The Morgan fingerprint density at radius 1 is 1.45 bits per heavy atom. The highest BCUT2D eigenvalue weighted by Gasteiger charge is 2.16. The highest BCUT2D eigenvalue weighted by atomic mass is 35.5. The van der Waals surface area contributed by atoms with E-state index in [1.54, 1.807) is 12.1 Å². The van der Waals surface area contributed by atoms with Crippen LogP contribution in [-0.4, -0.2) is 16.5 Å². The number of nitrogens with zero attached hydrogens (tertiary/aromatic N) is 2. The van der Waals surface area contributed by atoms with Crippen LogP contribution in [0.25, 0.3) is 0 Å². The Labute approximate surface area is 122 Å². The summed E-state index contributed by atoms with van der Waals surface area (Å²) in [6.45, 7) is 2.49. The van der Waals surface area contributed by atoms with Gasteiger partial charge in [0.1, 0.15) is 0 Å². The third-order valence-electron chi connectivity index (χ3n) is 3.33. The van der Waals surface area contributed by atoms with Crippen LogP contribution in [0.3, 0.4) is 0 Å². The summed E-state index contributed by atoms with van der Waals surface area (Å²) in [5.74, 6) is 0. The SMILES string of the molecule is CNC(C)c1cccn1Cc1ccc(Cl)cc1[N+](=O)[O-]. The van der Waals surface area contributed by atoms with Gasteiger partial charge in [-0.05, 0) is 38.2 Å². The van der Waals surface area contributed by atoms with Crippen LogP contribution >= 0.6 is 11.6 Å². The molecule has 1 atom stereocenters.